The van der Waals surface area contributed by atoms with Crippen molar-refractivity contribution in [3.63, 3.8) is 0 Å². The van der Waals surface area contributed by atoms with Gasteiger partial charge in [-0.15, -0.1) is 5.10 Å². The third-order valence-electron chi connectivity index (χ3n) is 4.88. The summed E-state index contributed by atoms with van der Waals surface area (Å²) >= 11 is 1.07. The van der Waals surface area contributed by atoms with E-state index >= 15 is 0 Å². The highest BCUT2D eigenvalue weighted by Gasteiger charge is 2.58. The van der Waals surface area contributed by atoms with E-state index in [2.05, 4.69) is 14.9 Å². The first-order valence-corrected chi connectivity index (χ1v) is 7.95. The minimum Gasteiger partial charge on any atom is -0.388 e. The predicted molar refractivity (Wildman–Crippen MR) is 78.3 cm³/mol. The number of nitrogen functional groups attached to an aromatic ring is 1. The highest BCUT2D eigenvalue weighted by molar-refractivity contribution is 7.09. The van der Waals surface area contributed by atoms with Crippen LogP contribution in [0.15, 0.2) is 0 Å². The molecule has 3 N–H and O–H groups in total. The number of aromatic nitrogens is 2. The predicted octanol–water partition coefficient (Wildman–Crippen LogP) is 1.37. The van der Waals surface area contributed by atoms with Gasteiger partial charge in [0.2, 0.25) is 0 Å². The third kappa shape index (κ3) is 2.00. The molecule has 3 rings (SSSR count). The van der Waals surface area contributed by atoms with Crippen LogP contribution in [0, 0.1) is 11.8 Å². The van der Waals surface area contributed by atoms with Crippen LogP contribution in [0.25, 0.3) is 0 Å². The van der Waals surface area contributed by atoms with Gasteiger partial charge in [-0.2, -0.15) is 0 Å². The highest BCUT2D eigenvalue weighted by Crippen LogP contribution is 2.42. The molecule has 2 aliphatic rings. The lowest BCUT2D eigenvalue weighted by Crippen LogP contribution is -2.58. The molecule has 2 atom stereocenters. The number of nitrogens with two attached hydrogens (primary N) is 1. The molecule has 1 saturated heterocycles. The van der Waals surface area contributed by atoms with Crippen molar-refractivity contribution in [1.82, 2.24) is 19.8 Å². The van der Waals surface area contributed by atoms with Gasteiger partial charge in [-0.3, -0.25) is 9.69 Å². The summed E-state index contributed by atoms with van der Waals surface area (Å²) in [6.07, 6.45) is 2.99. The average Bonchev–Trinajstić information content (AvgIpc) is 2.94. The molecule has 1 saturated carbocycles. The van der Waals surface area contributed by atoms with Gasteiger partial charge in [0.25, 0.3) is 5.91 Å². The maximum atomic E-state index is 12.9. The number of anilines is 1. The molecule has 1 aliphatic carbocycles. The Hall–Kier alpha value is -1.70. The minimum absolute atomic E-state index is 0.0915. The second-order valence-corrected chi connectivity index (χ2v) is 6.79. The van der Waals surface area contributed by atoms with Crippen molar-refractivity contribution in [3.05, 3.63) is 5.69 Å². The lowest BCUT2D eigenvalue weighted by Gasteiger charge is -2.42. The van der Waals surface area contributed by atoms with Crippen LogP contribution in [0.4, 0.5) is 9.80 Å². The Kier molecular flexibility index (Phi) is 3.35. The topological polar surface area (TPSA) is 101 Å². The molecule has 0 aromatic carbocycles. The molecule has 114 valence electrons. The molecule has 1 spiro atoms. The fraction of sp³-hybridized carbons (Fsp3) is 0.692. The van der Waals surface area contributed by atoms with Gasteiger partial charge in [0.1, 0.15) is 16.2 Å². The quantitative estimate of drug-likeness (QED) is 0.803. The normalized spacial score (nSPS) is 32.8. The van der Waals surface area contributed by atoms with Gasteiger partial charge in [-0.1, -0.05) is 24.8 Å². The number of rotatable bonds is 2. The zero-order valence-corrected chi connectivity index (χ0v) is 12.9. The van der Waals surface area contributed by atoms with Crippen LogP contribution < -0.4 is 11.1 Å². The van der Waals surface area contributed by atoms with E-state index in [1.54, 1.807) is 0 Å². The van der Waals surface area contributed by atoms with Crippen LogP contribution in [-0.2, 0) is 11.3 Å². The van der Waals surface area contributed by atoms with Crippen molar-refractivity contribution in [3.8, 4) is 0 Å². The van der Waals surface area contributed by atoms with Gasteiger partial charge in [0.05, 0.1) is 6.54 Å². The summed E-state index contributed by atoms with van der Waals surface area (Å²) in [4.78, 5) is 26.4. The van der Waals surface area contributed by atoms with Crippen LogP contribution in [-0.4, -0.2) is 32.0 Å². The summed E-state index contributed by atoms with van der Waals surface area (Å²) in [5, 5.41) is 7.29. The molecule has 0 radical (unpaired) electrons. The van der Waals surface area contributed by atoms with Crippen LogP contribution in [0.5, 0.6) is 0 Å². The van der Waals surface area contributed by atoms with Gasteiger partial charge >= 0.3 is 6.03 Å². The molecule has 2 unspecified atom stereocenters. The molecular weight excluding hydrogens is 290 g/mol. The van der Waals surface area contributed by atoms with Crippen molar-refractivity contribution in [2.75, 3.05) is 5.73 Å². The molecule has 8 heteroatoms. The van der Waals surface area contributed by atoms with Crippen LogP contribution in [0.2, 0.25) is 0 Å². The van der Waals surface area contributed by atoms with Crippen LogP contribution >= 0.6 is 11.5 Å². The number of hydrogen-bond donors (Lipinski definition) is 2. The number of carbonyl (C=O) groups is 2. The van der Waals surface area contributed by atoms with E-state index in [1.807, 2.05) is 13.8 Å². The summed E-state index contributed by atoms with van der Waals surface area (Å²) in [7, 11) is 0. The smallest absolute Gasteiger partial charge is 0.325 e. The van der Waals surface area contributed by atoms with E-state index < -0.39 is 5.54 Å². The van der Waals surface area contributed by atoms with Gasteiger partial charge in [-0.25, -0.2) is 4.79 Å². The summed E-state index contributed by atoms with van der Waals surface area (Å²) in [6.45, 7) is 4.17. The summed E-state index contributed by atoms with van der Waals surface area (Å²) in [5.41, 5.74) is 5.47. The molecule has 1 aromatic heterocycles. The molecular formula is C13H19N5O2S. The monoisotopic (exact) mass is 309 g/mol. The van der Waals surface area contributed by atoms with E-state index in [0.29, 0.717) is 10.7 Å². The molecule has 0 bridgehead atoms. The maximum Gasteiger partial charge on any atom is 0.325 e. The van der Waals surface area contributed by atoms with Gasteiger partial charge in [0, 0.05) is 11.5 Å². The average molecular weight is 309 g/mol. The Morgan fingerprint density at radius 3 is 2.62 bits per heavy atom. The maximum absolute atomic E-state index is 12.9. The first kappa shape index (κ1) is 14.2. The third-order valence-corrected chi connectivity index (χ3v) is 5.48. The fourth-order valence-corrected chi connectivity index (χ4v) is 4.01. The molecule has 1 aliphatic heterocycles. The molecule has 1 aromatic rings. The largest absolute Gasteiger partial charge is 0.388 e. The minimum atomic E-state index is -0.770. The molecule has 7 nitrogen and oxygen atoms in total. The Balaban J connectivity index is 1.90. The van der Waals surface area contributed by atoms with E-state index in [9.17, 15) is 9.59 Å². The second kappa shape index (κ2) is 4.94. The zero-order chi connectivity index (χ0) is 15.2. The molecule has 2 fully saturated rings. The SMILES string of the molecule is CC1CCCC(C)C12NC(=O)N(Cc1nnsc1N)C2=O. The van der Waals surface area contributed by atoms with Crippen LogP contribution in [0.3, 0.4) is 0 Å². The lowest BCUT2D eigenvalue weighted by molar-refractivity contribution is -0.137. The number of urea groups is 1. The van der Waals surface area contributed by atoms with E-state index in [1.165, 1.54) is 4.90 Å². The van der Waals surface area contributed by atoms with Crippen molar-refractivity contribution in [2.24, 2.45) is 11.8 Å². The standard InChI is InChI=1S/C13H19N5O2S/c1-7-4-3-5-8(2)13(7)11(19)18(12(20)15-13)6-9-10(14)21-17-16-9/h7-8H,3-6,14H2,1-2H3,(H,15,20). The summed E-state index contributed by atoms with van der Waals surface area (Å²) in [6, 6.07) is -0.354. The van der Waals surface area contributed by atoms with Crippen LogP contribution in [0.1, 0.15) is 38.8 Å². The molecule has 21 heavy (non-hydrogen) atoms. The second-order valence-electron chi connectivity index (χ2n) is 6.01. The van der Waals surface area contributed by atoms with Gasteiger partial charge in [-0.05, 0) is 24.7 Å². The van der Waals surface area contributed by atoms with Crippen molar-refractivity contribution >= 4 is 28.5 Å². The number of carbonyl (C=O) groups excluding carboxylic acids is 2. The Morgan fingerprint density at radius 1 is 1.38 bits per heavy atom. The Labute approximate surface area is 127 Å². The Morgan fingerprint density at radius 2 is 2.05 bits per heavy atom. The van der Waals surface area contributed by atoms with Crippen molar-refractivity contribution in [1.29, 1.82) is 0 Å². The first-order chi connectivity index (χ1) is 9.96. The van der Waals surface area contributed by atoms with Gasteiger partial charge in [0.15, 0.2) is 0 Å². The molecule has 3 amide bonds. The number of nitrogens with zero attached hydrogens (tertiary/aromatic N) is 3. The number of amides is 3. The fourth-order valence-electron chi connectivity index (χ4n) is 3.57. The van der Waals surface area contributed by atoms with Crippen molar-refractivity contribution < 1.29 is 9.59 Å². The summed E-state index contributed by atoms with van der Waals surface area (Å²) in [5.74, 6) is 0.113. The Bertz CT molecular complexity index is 577. The number of nitrogens with one attached hydrogen (secondary N) is 1. The van der Waals surface area contributed by atoms with E-state index in [4.69, 9.17) is 5.73 Å². The van der Waals surface area contributed by atoms with E-state index in [-0.39, 0.29) is 30.3 Å². The van der Waals surface area contributed by atoms with Gasteiger partial charge < -0.3 is 11.1 Å². The zero-order valence-electron chi connectivity index (χ0n) is 12.1. The van der Waals surface area contributed by atoms with Crippen molar-refractivity contribution in [2.45, 2.75) is 45.2 Å². The lowest BCUT2D eigenvalue weighted by atomic mass is 9.67. The number of imide groups is 1. The summed E-state index contributed by atoms with van der Waals surface area (Å²) < 4.78 is 3.74. The van der Waals surface area contributed by atoms with E-state index in [0.717, 1.165) is 30.8 Å². The number of hydrogen-bond acceptors (Lipinski definition) is 6. The molecule has 2 heterocycles. The highest BCUT2D eigenvalue weighted by atomic mass is 32.1. The first-order valence-electron chi connectivity index (χ1n) is 7.17.